The van der Waals surface area contributed by atoms with Crippen molar-refractivity contribution < 1.29 is 8.42 Å². The van der Waals surface area contributed by atoms with Gasteiger partial charge in [-0.2, -0.15) is 17.0 Å². The molecule has 2 unspecified atom stereocenters. The first-order valence-corrected chi connectivity index (χ1v) is 8.76. The van der Waals surface area contributed by atoms with E-state index in [2.05, 4.69) is 5.32 Å². The van der Waals surface area contributed by atoms with Gasteiger partial charge in [-0.15, -0.1) is 0 Å². The number of rotatable bonds is 5. The number of nitrogens with zero attached hydrogens (tertiary/aromatic N) is 2. The number of hydrogen-bond donors (Lipinski definition) is 1. The van der Waals surface area contributed by atoms with Gasteiger partial charge in [-0.05, 0) is 39.5 Å². The third-order valence-electron chi connectivity index (χ3n) is 4.55. The molecular formula is C13H27N3O2S. The van der Waals surface area contributed by atoms with Crippen LogP contribution in [0.15, 0.2) is 0 Å². The van der Waals surface area contributed by atoms with Crippen molar-refractivity contribution in [1.82, 2.24) is 13.9 Å². The van der Waals surface area contributed by atoms with Crippen LogP contribution in [0.1, 0.15) is 46.5 Å². The largest absolute Gasteiger partial charge is 0.311 e. The van der Waals surface area contributed by atoms with E-state index >= 15 is 0 Å². The molecule has 0 aliphatic carbocycles. The molecule has 0 radical (unpaired) electrons. The molecule has 1 N–H and O–H groups in total. The summed E-state index contributed by atoms with van der Waals surface area (Å²) in [5, 5.41) is 3.57. The molecule has 0 amide bonds. The van der Waals surface area contributed by atoms with Crippen molar-refractivity contribution in [2.45, 2.75) is 70.6 Å². The molecule has 0 aromatic heterocycles. The molecule has 19 heavy (non-hydrogen) atoms. The summed E-state index contributed by atoms with van der Waals surface area (Å²) in [6, 6.07) is 1.18. The zero-order valence-electron chi connectivity index (χ0n) is 12.5. The van der Waals surface area contributed by atoms with Gasteiger partial charge in [-0.1, -0.05) is 6.92 Å². The maximum atomic E-state index is 12.7. The molecule has 2 atom stereocenters. The second-order valence-electron chi connectivity index (χ2n) is 6.08. The number of nitrogens with one attached hydrogen (secondary N) is 1. The zero-order chi connectivity index (χ0) is 14.2. The molecular weight excluding hydrogens is 262 g/mol. The lowest BCUT2D eigenvalue weighted by Gasteiger charge is -2.38. The molecule has 2 heterocycles. The number of fused-ring (bicyclic) bond motifs is 2. The van der Waals surface area contributed by atoms with E-state index < -0.39 is 10.2 Å². The smallest absolute Gasteiger partial charge is 0.282 e. The van der Waals surface area contributed by atoms with E-state index in [1.165, 1.54) is 17.1 Å². The highest BCUT2D eigenvalue weighted by Crippen LogP contribution is 2.31. The summed E-state index contributed by atoms with van der Waals surface area (Å²) in [4.78, 5) is 0. The standard InChI is InChI=1S/C13H27N3O2S/c1-5-16(19(17,18)15(4)10(2)3)13-8-11-6-7-12(9-13)14-11/h10-14H,5-9H2,1-4H3. The van der Waals surface area contributed by atoms with Crippen molar-refractivity contribution >= 4 is 10.2 Å². The summed E-state index contributed by atoms with van der Waals surface area (Å²) in [6.07, 6.45) is 4.29. The van der Waals surface area contributed by atoms with Gasteiger partial charge < -0.3 is 5.32 Å². The van der Waals surface area contributed by atoms with E-state index in [9.17, 15) is 8.42 Å². The molecule has 0 spiro atoms. The van der Waals surface area contributed by atoms with E-state index in [0.717, 1.165) is 12.8 Å². The Kier molecular flexibility index (Phi) is 4.55. The number of piperidine rings is 1. The van der Waals surface area contributed by atoms with Crippen LogP contribution in [0.2, 0.25) is 0 Å². The van der Waals surface area contributed by atoms with Crippen molar-refractivity contribution in [3.8, 4) is 0 Å². The fourth-order valence-corrected chi connectivity index (χ4v) is 5.04. The molecule has 0 aromatic rings. The molecule has 0 saturated carbocycles. The average molecular weight is 289 g/mol. The van der Waals surface area contributed by atoms with Gasteiger partial charge in [0.15, 0.2) is 0 Å². The predicted molar refractivity (Wildman–Crippen MR) is 77.2 cm³/mol. The lowest BCUT2D eigenvalue weighted by molar-refractivity contribution is 0.217. The monoisotopic (exact) mass is 289 g/mol. The third kappa shape index (κ3) is 2.96. The van der Waals surface area contributed by atoms with Gasteiger partial charge in [0.05, 0.1) is 0 Å². The Balaban J connectivity index is 2.15. The molecule has 2 aliphatic rings. The Morgan fingerprint density at radius 3 is 2.16 bits per heavy atom. The molecule has 0 aromatic carbocycles. The topological polar surface area (TPSA) is 52.7 Å². The first kappa shape index (κ1) is 15.2. The lowest BCUT2D eigenvalue weighted by Crippen LogP contribution is -2.54. The second-order valence-corrected chi connectivity index (χ2v) is 8.02. The lowest BCUT2D eigenvalue weighted by atomic mass is 10.00. The summed E-state index contributed by atoms with van der Waals surface area (Å²) in [5.74, 6) is 0. The van der Waals surface area contributed by atoms with E-state index in [0.29, 0.717) is 18.6 Å². The Labute approximate surface area is 117 Å². The minimum atomic E-state index is -3.33. The SMILES string of the molecule is CCN(C1CC2CCC(C1)N2)S(=O)(=O)N(C)C(C)C. The average Bonchev–Trinajstić information content (AvgIpc) is 2.68. The summed E-state index contributed by atoms with van der Waals surface area (Å²) in [7, 11) is -1.65. The normalized spacial score (nSPS) is 31.6. The molecule has 5 nitrogen and oxygen atoms in total. The molecule has 2 fully saturated rings. The van der Waals surface area contributed by atoms with Crippen LogP contribution in [0.25, 0.3) is 0 Å². The second kappa shape index (κ2) is 5.68. The summed E-state index contributed by atoms with van der Waals surface area (Å²) < 4.78 is 28.5. The zero-order valence-corrected chi connectivity index (χ0v) is 13.3. The first-order valence-electron chi connectivity index (χ1n) is 7.37. The van der Waals surface area contributed by atoms with Crippen LogP contribution in [0, 0.1) is 0 Å². The molecule has 112 valence electrons. The van der Waals surface area contributed by atoms with Crippen LogP contribution in [-0.4, -0.2) is 54.8 Å². The van der Waals surface area contributed by atoms with E-state index in [1.54, 1.807) is 11.4 Å². The van der Waals surface area contributed by atoms with Crippen LogP contribution in [0.4, 0.5) is 0 Å². The maximum Gasteiger partial charge on any atom is 0.282 e. The predicted octanol–water partition coefficient (Wildman–Crippen LogP) is 1.18. The fraction of sp³-hybridized carbons (Fsp3) is 1.00. The number of hydrogen-bond acceptors (Lipinski definition) is 3. The van der Waals surface area contributed by atoms with E-state index in [-0.39, 0.29) is 12.1 Å². The molecule has 6 heteroatoms. The van der Waals surface area contributed by atoms with Crippen molar-refractivity contribution in [2.24, 2.45) is 0 Å². The Hall–Kier alpha value is -0.170. The van der Waals surface area contributed by atoms with Gasteiger partial charge in [0, 0.05) is 37.8 Å². The van der Waals surface area contributed by atoms with Gasteiger partial charge in [0.1, 0.15) is 0 Å². The van der Waals surface area contributed by atoms with E-state index in [1.807, 2.05) is 20.8 Å². The Bertz CT molecular complexity index is 398. The Morgan fingerprint density at radius 1 is 1.21 bits per heavy atom. The first-order chi connectivity index (χ1) is 8.86. The maximum absolute atomic E-state index is 12.7. The van der Waals surface area contributed by atoms with Crippen molar-refractivity contribution in [2.75, 3.05) is 13.6 Å². The van der Waals surface area contributed by atoms with Gasteiger partial charge >= 0.3 is 0 Å². The highest BCUT2D eigenvalue weighted by atomic mass is 32.2. The van der Waals surface area contributed by atoms with Crippen LogP contribution in [0.3, 0.4) is 0 Å². The van der Waals surface area contributed by atoms with Gasteiger partial charge in [-0.25, -0.2) is 0 Å². The molecule has 2 saturated heterocycles. The van der Waals surface area contributed by atoms with Gasteiger partial charge in [-0.3, -0.25) is 0 Å². The van der Waals surface area contributed by atoms with Crippen molar-refractivity contribution in [1.29, 1.82) is 0 Å². The van der Waals surface area contributed by atoms with Crippen LogP contribution >= 0.6 is 0 Å². The Morgan fingerprint density at radius 2 is 1.74 bits per heavy atom. The quantitative estimate of drug-likeness (QED) is 0.827. The third-order valence-corrected chi connectivity index (χ3v) is 6.85. The van der Waals surface area contributed by atoms with Gasteiger partial charge in [0.2, 0.25) is 0 Å². The molecule has 2 bridgehead atoms. The van der Waals surface area contributed by atoms with Crippen LogP contribution in [0.5, 0.6) is 0 Å². The van der Waals surface area contributed by atoms with Crippen molar-refractivity contribution in [3.63, 3.8) is 0 Å². The van der Waals surface area contributed by atoms with Crippen molar-refractivity contribution in [3.05, 3.63) is 0 Å². The van der Waals surface area contributed by atoms with Crippen LogP contribution < -0.4 is 5.32 Å². The fourth-order valence-electron chi connectivity index (χ4n) is 3.30. The van der Waals surface area contributed by atoms with Crippen LogP contribution in [-0.2, 0) is 10.2 Å². The highest BCUT2D eigenvalue weighted by Gasteiger charge is 2.40. The molecule has 2 aliphatic heterocycles. The highest BCUT2D eigenvalue weighted by molar-refractivity contribution is 7.86. The van der Waals surface area contributed by atoms with E-state index in [4.69, 9.17) is 0 Å². The summed E-state index contributed by atoms with van der Waals surface area (Å²) in [5.41, 5.74) is 0. The summed E-state index contributed by atoms with van der Waals surface area (Å²) in [6.45, 7) is 6.33. The van der Waals surface area contributed by atoms with Gasteiger partial charge in [0.25, 0.3) is 10.2 Å². The molecule has 2 rings (SSSR count). The summed E-state index contributed by atoms with van der Waals surface area (Å²) >= 11 is 0. The minimum Gasteiger partial charge on any atom is -0.311 e. The minimum absolute atomic E-state index is 0.00233.